The van der Waals surface area contributed by atoms with Gasteiger partial charge in [0.1, 0.15) is 5.92 Å². The first-order chi connectivity index (χ1) is 7.24. The quantitative estimate of drug-likeness (QED) is 0.512. The van der Waals surface area contributed by atoms with Gasteiger partial charge in [-0.15, -0.1) is 0 Å². The van der Waals surface area contributed by atoms with E-state index in [0.717, 1.165) is 19.3 Å². The largest absolute Gasteiger partial charge is 0.465 e. The average Bonchev–Trinajstić information content (AvgIpc) is 2.65. The average molecular weight is 208 g/mol. The molecular weight excluding hydrogens is 192 g/mol. The van der Waals surface area contributed by atoms with E-state index in [1.54, 1.807) is 13.0 Å². The molecule has 0 spiro atoms. The first-order valence-corrected chi connectivity index (χ1v) is 5.62. The van der Waals surface area contributed by atoms with Crippen molar-refractivity contribution in [2.45, 2.75) is 26.2 Å². The first kappa shape index (κ1) is 10.4. The summed E-state index contributed by atoms with van der Waals surface area (Å²) in [7, 11) is 0. The summed E-state index contributed by atoms with van der Waals surface area (Å²) in [6.07, 6.45) is 6.72. The minimum Gasteiger partial charge on any atom is -0.465 e. The highest BCUT2D eigenvalue weighted by Gasteiger charge is 2.43. The molecule has 15 heavy (non-hydrogen) atoms. The van der Waals surface area contributed by atoms with Gasteiger partial charge in [-0.2, -0.15) is 0 Å². The lowest BCUT2D eigenvalue weighted by atomic mass is 9.77. The van der Waals surface area contributed by atoms with Crippen molar-refractivity contribution in [3.8, 4) is 0 Å². The van der Waals surface area contributed by atoms with Gasteiger partial charge in [-0.05, 0) is 37.7 Å². The molecule has 2 aliphatic rings. The van der Waals surface area contributed by atoms with Gasteiger partial charge >= 0.3 is 5.97 Å². The topological polar surface area (TPSA) is 43.4 Å². The summed E-state index contributed by atoms with van der Waals surface area (Å²) < 4.78 is 4.97. The molecule has 3 nitrogen and oxygen atoms in total. The molecule has 3 atom stereocenters. The molecular formula is C12H16O3. The van der Waals surface area contributed by atoms with Crippen molar-refractivity contribution in [2.75, 3.05) is 6.61 Å². The molecule has 0 amide bonds. The van der Waals surface area contributed by atoms with Crippen molar-refractivity contribution in [2.24, 2.45) is 17.8 Å². The fraction of sp³-hybridized carbons (Fsp3) is 0.667. The number of ketones is 1. The van der Waals surface area contributed by atoms with Crippen LogP contribution in [-0.4, -0.2) is 18.4 Å². The van der Waals surface area contributed by atoms with E-state index in [9.17, 15) is 9.59 Å². The number of carbonyl (C=O) groups excluding carboxylic acids is 2. The molecule has 1 fully saturated rings. The van der Waals surface area contributed by atoms with Crippen LogP contribution in [0, 0.1) is 17.8 Å². The molecule has 3 heteroatoms. The van der Waals surface area contributed by atoms with Crippen LogP contribution in [-0.2, 0) is 14.3 Å². The molecule has 0 radical (unpaired) electrons. The summed E-state index contributed by atoms with van der Waals surface area (Å²) in [4.78, 5) is 23.3. The molecule has 0 aromatic rings. The van der Waals surface area contributed by atoms with Gasteiger partial charge in [-0.3, -0.25) is 9.59 Å². The summed E-state index contributed by atoms with van der Waals surface area (Å²) in [6.45, 7) is 2.12. The molecule has 0 bridgehead atoms. The zero-order valence-electron chi connectivity index (χ0n) is 8.94. The van der Waals surface area contributed by atoms with E-state index in [4.69, 9.17) is 4.74 Å². The van der Waals surface area contributed by atoms with Gasteiger partial charge < -0.3 is 4.74 Å². The third-order valence-corrected chi connectivity index (χ3v) is 3.41. The number of allylic oxidation sites excluding steroid dienone is 2. The van der Waals surface area contributed by atoms with Crippen LogP contribution in [0.25, 0.3) is 0 Å². The Labute approximate surface area is 89.5 Å². The van der Waals surface area contributed by atoms with Gasteiger partial charge in [0, 0.05) is 0 Å². The molecule has 2 aliphatic carbocycles. The maximum atomic E-state index is 11.7. The smallest absolute Gasteiger partial charge is 0.317 e. The molecule has 82 valence electrons. The lowest BCUT2D eigenvalue weighted by Crippen LogP contribution is -2.36. The lowest BCUT2D eigenvalue weighted by Gasteiger charge is -2.26. The number of fused-ring (bicyclic) bond motifs is 1. The normalized spacial score (nSPS) is 33.9. The third-order valence-electron chi connectivity index (χ3n) is 3.41. The Balaban J connectivity index is 2.17. The molecule has 0 aromatic carbocycles. The SMILES string of the molecule is CCOC(=O)[C@H]1C(=O)C=C[C@H]2CCC[C@H]12. The van der Waals surface area contributed by atoms with Gasteiger partial charge in [0.15, 0.2) is 5.78 Å². The van der Waals surface area contributed by atoms with Crippen molar-refractivity contribution in [1.29, 1.82) is 0 Å². The van der Waals surface area contributed by atoms with Crippen LogP contribution in [0.3, 0.4) is 0 Å². The number of hydrogen-bond acceptors (Lipinski definition) is 3. The predicted molar refractivity (Wildman–Crippen MR) is 55.1 cm³/mol. The molecule has 1 saturated carbocycles. The Morgan fingerprint density at radius 2 is 2.33 bits per heavy atom. The van der Waals surface area contributed by atoms with E-state index in [0.29, 0.717) is 12.5 Å². The van der Waals surface area contributed by atoms with Crippen LogP contribution in [0.5, 0.6) is 0 Å². The number of ether oxygens (including phenoxy) is 1. The fourth-order valence-electron chi connectivity index (χ4n) is 2.73. The molecule has 0 heterocycles. The zero-order chi connectivity index (χ0) is 10.8. The molecule has 0 aliphatic heterocycles. The summed E-state index contributed by atoms with van der Waals surface area (Å²) in [5, 5.41) is 0. The van der Waals surface area contributed by atoms with Crippen LogP contribution < -0.4 is 0 Å². The van der Waals surface area contributed by atoms with E-state index in [2.05, 4.69) is 0 Å². The second-order valence-corrected chi connectivity index (χ2v) is 4.25. The third kappa shape index (κ3) is 1.83. The highest BCUT2D eigenvalue weighted by molar-refractivity contribution is 6.06. The van der Waals surface area contributed by atoms with E-state index >= 15 is 0 Å². The second kappa shape index (κ2) is 4.17. The first-order valence-electron chi connectivity index (χ1n) is 5.62. The molecule has 0 saturated heterocycles. The van der Waals surface area contributed by atoms with Gasteiger partial charge in [-0.1, -0.05) is 12.5 Å². The van der Waals surface area contributed by atoms with Gasteiger partial charge in [0.05, 0.1) is 6.61 Å². The van der Waals surface area contributed by atoms with Gasteiger partial charge in [0.25, 0.3) is 0 Å². The highest BCUT2D eigenvalue weighted by atomic mass is 16.5. The van der Waals surface area contributed by atoms with Crippen LogP contribution in [0.2, 0.25) is 0 Å². The second-order valence-electron chi connectivity index (χ2n) is 4.25. The summed E-state index contributed by atoms with van der Waals surface area (Å²) in [6, 6.07) is 0. The Morgan fingerprint density at radius 1 is 1.53 bits per heavy atom. The summed E-state index contributed by atoms with van der Waals surface area (Å²) in [5.41, 5.74) is 0. The maximum Gasteiger partial charge on any atom is 0.317 e. The minimum atomic E-state index is -0.526. The number of rotatable bonds is 2. The molecule has 0 aromatic heterocycles. The Hall–Kier alpha value is -1.12. The van der Waals surface area contributed by atoms with Crippen LogP contribution in [0.1, 0.15) is 26.2 Å². The van der Waals surface area contributed by atoms with E-state index in [-0.39, 0.29) is 17.7 Å². The monoisotopic (exact) mass is 208 g/mol. The molecule has 0 N–H and O–H groups in total. The minimum absolute atomic E-state index is 0.0726. The fourth-order valence-corrected chi connectivity index (χ4v) is 2.73. The predicted octanol–water partition coefficient (Wildman–Crippen LogP) is 1.72. The highest BCUT2D eigenvalue weighted by Crippen LogP contribution is 2.41. The number of esters is 1. The molecule has 2 rings (SSSR count). The number of carbonyl (C=O) groups is 2. The Kier molecular flexibility index (Phi) is 2.89. The van der Waals surface area contributed by atoms with Crippen LogP contribution in [0.4, 0.5) is 0 Å². The maximum absolute atomic E-state index is 11.7. The number of hydrogen-bond donors (Lipinski definition) is 0. The Morgan fingerprint density at radius 3 is 3.07 bits per heavy atom. The molecule has 0 unspecified atom stereocenters. The van der Waals surface area contributed by atoms with Gasteiger partial charge in [-0.25, -0.2) is 0 Å². The van der Waals surface area contributed by atoms with Crippen molar-refractivity contribution >= 4 is 11.8 Å². The zero-order valence-corrected chi connectivity index (χ0v) is 8.94. The van der Waals surface area contributed by atoms with E-state index < -0.39 is 5.92 Å². The standard InChI is InChI=1S/C12H16O3/c1-2-15-12(14)11-9-5-3-4-8(9)6-7-10(11)13/h6-9,11H,2-5H2,1H3/t8-,9+,11-/m1/s1. The summed E-state index contributed by atoms with van der Waals surface area (Å²) >= 11 is 0. The van der Waals surface area contributed by atoms with E-state index in [1.165, 1.54) is 0 Å². The van der Waals surface area contributed by atoms with Crippen molar-refractivity contribution in [3.05, 3.63) is 12.2 Å². The summed E-state index contributed by atoms with van der Waals surface area (Å²) in [5.74, 6) is -0.318. The van der Waals surface area contributed by atoms with Gasteiger partial charge in [0.2, 0.25) is 0 Å². The Bertz CT molecular complexity index is 306. The van der Waals surface area contributed by atoms with Crippen LogP contribution >= 0.6 is 0 Å². The van der Waals surface area contributed by atoms with E-state index in [1.807, 2.05) is 6.08 Å². The van der Waals surface area contributed by atoms with Crippen molar-refractivity contribution in [1.82, 2.24) is 0 Å². The lowest BCUT2D eigenvalue weighted by molar-refractivity contribution is -0.153. The van der Waals surface area contributed by atoms with Crippen LogP contribution in [0.15, 0.2) is 12.2 Å². The van der Waals surface area contributed by atoms with Crippen molar-refractivity contribution < 1.29 is 14.3 Å². The van der Waals surface area contributed by atoms with Crippen molar-refractivity contribution in [3.63, 3.8) is 0 Å².